The summed E-state index contributed by atoms with van der Waals surface area (Å²) in [4.78, 5) is 16.1. The van der Waals surface area contributed by atoms with E-state index >= 15 is 0 Å². The third-order valence-corrected chi connectivity index (χ3v) is 4.07. The van der Waals surface area contributed by atoms with Crippen LogP contribution in [0.3, 0.4) is 0 Å². The van der Waals surface area contributed by atoms with E-state index < -0.39 is 0 Å². The maximum absolute atomic E-state index is 11.8. The predicted octanol–water partition coefficient (Wildman–Crippen LogP) is 4.16. The zero-order valence-electron chi connectivity index (χ0n) is 16.3. The number of amides is 1. The maximum Gasteiger partial charge on any atom is 0.251 e. The van der Waals surface area contributed by atoms with E-state index in [0.717, 1.165) is 17.0 Å². The summed E-state index contributed by atoms with van der Waals surface area (Å²) in [5, 5.41) is 5.84. The van der Waals surface area contributed by atoms with Gasteiger partial charge in [-0.1, -0.05) is 36.4 Å². The molecular formula is C23H24N4O2. The first-order chi connectivity index (χ1) is 14.1. The SMILES string of the molecule is CCNC(=O)c1ccc(CN=C(N)Nc2cccc(Oc3ccccc3)c2)cc1. The lowest BCUT2D eigenvalue weighted by Gasteiger charge is -2.09. The van der Waals surface area contributed by atoms with Gasteiger partial charge in [0, 0.05) is 23.9 Å². The van der Waals surface area contributed by atoms with Crippen molar-refractivity contribution in [2.24, 2.45) is 10.7 Å². The van der Waals surface area contributed by atoms with Gasteiger partial charge < -0.3 is 21.1 Å². The van der Waals surface area contributed by atoms with Crippen LogP contribution in [-0.4, -0.2) is 18.4 Å². The van der Waals surface area contributed by atoms with Gasteiger partial charge in [-0.2, -0.15) is 0 Å². The van der Waals surface area contributed by atoms with E-state index in [1.54, 1.807) is 12.1 Å². The molecular weight excluding hydrogens is 364 g/mol. The van der Waals surface area contributed by atoms with Crippen LogP contribution in [0.1, 0.15) is 22.8 Å². The molecule has 0 heterocycles. The summed E-state index contributed by atoms with van der Waals surface area (Å²) in [6, 6.07) is 24.4. The van der Waals surface area contributed by atoms with Gasteiger partial charge >= 0.3 is 0 Å². The van der Waals surface area contributed by atoms with E-state index in [2.05, 4.69) is 15.6 Å². The van der Waals surface area contributed by atoms with Crippen molar-refractivity contribution in [1.29, 1.82) is 0 Å². The van der Waals surface area contributed by atoms with Gasteiger partial charge in [0.15, 0.2) is 5.96 Å². The number of nitrogens with zero attached hydrogens (tertiary/aromatic N) is 1. The molecule has 0 saturated heterocycles. The number of anilines is 1. The highest BCUT2D eigenvalue weighted by Crippen LogP contribution is 2.23. The van der Waals surface area contributed by atoms with Crippen LogP contribution >= 0.6 is 0 Å². The van der Waals surface area contributed by atoms with Crippen LogP contribution in [0.2, 0.25) is 0 Å². The Morgan fingerprint density at radius 1 is 0.966 bits per heavy atom. The van der Waals surface area contributed by atoms with E-state index in [-0.39, 0.29) is 5.91 Å². The largest absolute Gasteiger partial charge is 0.457 e. The second-order valence-electron chi connectivity index (χ2n) is 6.33. The minimum Gasteiger partial charge on any atom is -0.457 e. The molecule has 3 rings (SSSR count). The molecule has 1 amide bonds. The molecule has 0 fully saturated rings. The van der Waals surface area contributed by atoms with Gasteiger partial charge in [-0.3, -0.25) is 4.79 Å². The Bertz CT molecular complexity index is 970. The van der Waals surface area contributed by atoms with E-state index in [9.17, 15) is 4.79 Å². The molecule has 0 spiro atoms. The molecule has 3 aromatic rings. The Labute approximate surface area is 170 Å². The van der Waals surface area contributed by atoms with Crippen molar-refractivity contribution in [3.8, 4) is 11.5 Å². The molecule has 0 atom stereocenters. The molecule has 4 N–H and O–H groups in total. The van der Waals surface area contributed by atoms with Gasteiger partial charge in [-0.25, -0.2) is 4.99 Å². The topological polar surface area (TPSA) is 88.7 Å². The fourth-order valence-electron chi connectivity index (χ4n) is 2.65. The number of guanidine groups is 1. The molecule has 0 bridgehead atoms. The summed E-state index contributed by atoms with van der Waals surface area (Å²) in [7, 11) is 0. The molecule has 0 radical (unpaired) electrons. The van der Waals surface area contributed by atoms with Gasteiger partial charge in [0.05, 0.1) is 6.54 Å². The first-order valence-corrected chi connectivity index (χ1v) is 9.41. The van der Waals surface area contributed by atoms with Crippen LogP contribution in [-0.2, 0) is 6.54 Å². The molecule has 0 aliphatic carbocycles. The Hall–Kier alpha value is -3.80. The first-order valence-electron chi connectivity index (χ1n) is 9.41. The minimum atomic E-state index is -0.0821. The molecule has 0 unspecified atom stereocenters. The summed E-state index contributed by atoms with van der Waals surface area (Å²) >= 11 is 0. The molecule has 148 valence electrons. The van der Waals surface area contributed by atoms with Gasteiger partial charge in [0.2, 0.25) is 0 Å². The van der Waals surface area contributed by atoms with Crippen LogP contribution < -0.4 is 21.1 Å². The number of nitrogens with two attached hydrogens (primary N) is 1. The number of carbonyl (C=O) groups is 1. The third-order valence-electron chi connectivity index (χ3n) is 4.07. The summed E-state index contributed by atoms with van der Waals surface area (Å²) < 4.78 is 5.82. The molecule has 0 saturated carbocycles. The highest BCUT2D eigenvalue weighted by atomic mass is 16.5. The molecule has 6 heteroatoms. The highest BCUT2D eigenvalue weighted by Gasteiger charge is 2.04. The third kappa shape index (κ3) is 6.10. The highest BCUT2D eigenvalue weighted by molar-refractivity contribution is 5.94. The lowest BCUT2D eigenvalue weighted by molar-refractivity contribution is 0.0956. The summed E-state index contributed by atoms with van der Waals surface area (Å²) in [6.45, 7) is 2.90. The Balaban J connectivity index is 1.58. The van der Waals surface area contributed by atoms with Crippen LogP contribution in [0.5, 0.6) is 11.5 Å². The zero-order chi connectivity index (χ0) is 20.5. The van der Waals surface area contributed by atoms with E-state index in [1.807, 2.05) is 73.7 Å². The van der Waals surface area contributed by atoms with Gasteiger partial charge in [0.25, 0.3) is 5.91 Å². The lowest BCUT2D eigenvalue weighted by Crippen LogP contribution is -2.23. The van der Waals surface area contributed by atoms with Crippen molar-refractivity contribution in [1.82, 2.24) is 5.32 Å². The van der Waals surface area contributed by atoms with E-state index in [1.165, 1.54) is 0 Å². The standard InChI is InChI=1S/C23H24N4O2/c1-2-25-22(28)18-13-11-17(12-14-18)16-26-23(24)27-19-7-6-10-21(15-19)29-20-8-4-3-5-9-20/h3-15H,2,16H2,1H3,(H,25,28)(H3,24,26,27). The predicted molar refractivity (Wildman–Crippen MR) is 116 cm³/mol. The molecule has 6 nitrogen and oxygen atoms in total. The number of ether oxygens (including phenoxy) is 1. The van der Waals surface area contributed by atoms with Crippen molar-refractivity contribution < 1.29 is 9.53 Å². The molecule has 3 aromatic carbocycles. The second-order valence-corrected chi connectivity index (χ2v) is 6.33. The molecule has 29 heavy (non-hydrogen) atoms. The van der Waals surface area contributed by atoms with Crippen LogP contribution in [0.15, 0.2) is 83.9 Å². The first kappa shape index (κ1) is 19.9. The number of benzene rings is 3. The van der Waals surface area contributed by atoms with Gasteiger partial charge in [-0.05, 0) is 48.9 Å². The van der Waals surface area contributed by atoms with Gasteiger partial charge in [0.1, 0.15) is 11.5 Å². The fraction of sp³-hybridized carbons (Fsp3) is 0.130. The van der Waals surface area contributed by atoms with Crippen LogP contribution in [0.25, 0.3) is 0 Å². The van der Waals surface area contributed by atoms with Gasteiger partial charge in [-0.15, -0.1) is 0 Å². The van der Waals surface area contributed by atoms with Crippen molar-refractivity contribution in [2.75, 3.05) is 11.9 Å². The summed E-state index contributed by atoms with van der Waals surface area (Å²) in [6.07, 6.45) is 0. The second kappa shape index (κ2) is 9.94. The minimum absolute atomic E-state index is 0.0821. The molecule has 0 aliphatic rings. The fourth-order valence-corrected chi connectivity index (χ4v) is 2.65. The Kier molecular flexibility index (Phi) is 6.84. The van der Waals surface area contributed by atoms with Crippen molar-refractivity contribution in [2.45, 2.75) is 13.5 Å². The van der Waals surface area contributed by atoms with Crippen molar-refractivity contribution in [3.63, 3.8) is 0 Å². The van der Waals surface area contributed by atoms with Crippen molar-refractivity contribution in [3.05, 3.63) is 90.0 Å². The smallest absolute Gasteiger partial charge is 0.251 e. The number of nitrogens with one attached hydrogen (secondary N) is 2. The Morgan fingerprint density at radius 2 is 1.69 bits per heavy atom. The zero-order valence-corrected chi connectivity index (χ0v) is 16.3. The van der Waals surface area contributed by atoms with Crippen molar-refractivity contribution >= 4 is 17.6 Å². The number of aliphatic imine (C=N–C) groups is 1. The maximum atomic E-state index is 11.8. The van der Waals surface area contributed by atoms with Crippen LogP contribution in [0.4, 0.5) is 5.69 Å². The average molecular weight is 388 g/mol. The quantitative estimate of drug-likeness (QED) is 0.419. The van der Waals surface area contributed by atoms with E-state index in [4.69, 9.17) is 10.5 Å². The van der Waals surface area contributed by atoms with Crippen LogP contribution in [0, 0.1) is 0 Å². The number of para-hydroxylation sites is 1. The van der Waals surface area contributed by atoms with E-state index in [0.29, 0.717) is 30.4 Å². The molecule has 0 aromatic heterocycles. The number of hydrogen-bond acceptors (Lipinski definition) is 3. The number of rotatable bonds is 7. The lowest BCUT2D eigenvalue weighted by atomic mass is 10.1. The Morgan fingerprint density at radius 3 is 2.41 bits per heavy atom. The monoisotopic (exact) mass is 388 g/mol. The molecule has 0 aliphatic heterocycles. The number of carbonyl (C=O) groups excluding carboxylic acids is 1. The summed E-state index contributed by atoms with van der Waals surface area (Å²) in [5.41, 5.74) is 8.38. The average Bonchev–Trinajstić information content (AvgIpc) is 2.74. The normalized spacial score (nSPS) is 11.0. The summed E-state index contributed by atoms with van der Waals surface area (Å²) in [5.74, 6) is 1.69. The number of hydrogen-bond donors (Lipinski definition) is 3.